The first-order chi connectivity index (χ1) is 16.3. The smallest absolute Gasteiger partial charge is 0.329 e. The SMILES string of the molecule is CCCn1c(CN(C(=O)C=Cc2ccccc2C(F)(F)F)C2CCCC2)nc2ccc(Cl)cc21. The minimum Gasteiger partial charge on any atom is -0.329 e. The molecule has 1 heterocycles. The van der Waals surface area contributed by atoms with Gasteiger partial charge in [0.1, 0.15) is 5.82 Å². The highest BCUT2D eigenvalue weighted by Gasteiger charge is 2.32. The van der Waals surface area contributed by atoms with E-state index >= 15 is 0 Å². The van der Waals surface area contributed by atoms with E-state index in [1.54, 1.807) is 11.0 Å². The van der Waals surface area contributed by atoms with Crippen LogP contribution in [0.4, 0.5) is 13.2 Å². The molecule has 0 atom stereocenters. The van der Waals surface area contributed by atoms with Crippen molar-refractivity contribution in [2.75, 3.05) is 0 Å². The maximum atomic E-state index is 13.4. The van der Waals surface area contributed by atoms with Crippen LogP contribution < -0.4 is 0 Å². The minimum atomic E-state index is -4.48. The van der Waals surface area contributed by atoms with Gasteiger partial charge in [-0.25, -0.2) is 4.98 Å². The number of carbonyl (C=O) groups is 1. The van der Waals surface area contributed by atoms with Gasteiger partial charge in [-0.05, 0) is 55.2 Å². The number of alkyl halides is 3. The molecule has 1 fully saturated rings. The maximum Gasteiger partial charge on any atom is 0.416 e. The molecule has 4 rings (SSSR count). The highest BCUT2D eigenvalue weighted by atomic mass is 35.5. The molecular weight excluding hydrogens is 463 g/mol. The molecule has 1 aliphatic carbocycles. The summed E-state index contributed by atoms with van der Waals surface area (Å²) < 4.78 is 42.2. The second kappa shape index (κ2) is 10.2. The number of imidazole rings is 1. The lowest BCUT2D eigenvalue weighted by Gasteiger charge is -2.28. The molecule has 3 aromatic rings. The van der Waals surface area contributed by atoms with Gasteiger partial charge in [-0.1, -0.05) is 49.6 Å². The predicted molar refractivity (Wildman–Crippen MR) is 128 cm³/mol. The number of benzene rings is 2. The zero-order valence-corrected chi connectivity index (χ0v) is 19.7. The van der Waals surface area contributed by atoms with E-state index < -0.39 is 11.7 Å². The average Bonchev–Trinajstić information content (AvgIpc) is 3.44. The third-order valence-electron chi connectivity index (χ3n) is 6.27. The van der Waals surface area contributed by atoms with E-state index in [1.165, 1.54) is 30.4 Å². The summed E-state index contributed by atoms with van der Waals surface area (Å²) in [5.41, 5.74) is 0.940. The second-order valence-corrected chi connectivity index (χ2v) is 9.07. The molecule has 180 valence electrons. The molecule has 0 bridgehead atoms. The van der Waals surface area contributed by atoms with Crippen molar-refractivity contribution in [3.05, 3.63) is 70.5 Å². The highest BCUT2D eigenvalue weighted by molar-refractivity contribution is 6.31. The van der Waals surface area contributed by atoms with Crippen molar-refractivity contribution >= 4 is 34.6 Å². The molecule has 0 saturated heterocycles. The molecule has 1 amide bonds. The lowest BCUT2D eigenvalue weighted by atomic mass is 10.1. The Morgan fingerprint density at radius 3 is 2.65 bits per heavy atom. The third kappa shape index (κ3) is 5.30. The number of aromatic nitrogens is 2. The van der Waals surface area contributed by atoms with Gasteiger partial charge in [-0.2, -0.15) is 13.2 Å². The fourth-order valence-electron chi connectivity index (χ4n) is 4.65. The Bertz CT molecular complexity index is 1200. The Labute approximate surface area is 202 Å². The summed E-state index contributed by atoms with van der Waals surface area (Å²) in [6.07, 6.45) is 2.72. The van der Waals surface area contributed by atoms with Gasteiger partial charge >= 0.3 is 6.18 Å². The number of nitrogens with zero attached hydrogens (tertiary/aromatic N) is 3. The summed E-state index contributed by atoms with van der Waals surface area (Å²) in [7, 11) is 0. The van der Waals surface area contributed by atoms with Gasteiger partial charge in [0.2, 0.25) is 5.91 Å². The zero-order valence-electron chi connectivity index (χ0n) is 19.0. The molecule has 34 heavy (non-hydrogen) atoms. The fourth-order valence-corrected chi connectivity index (χ4v) is 4.82. The number of hydrogen-bond acceptors (Lipinski definition) is 2. The normalized spacial score (nSPS) is 15.0. The molecule has 0 unspecified atom stereocenters. The molecular formula is C26H27ClF3N3O. The van der Waals surface area contributed by atoms with E-state index in [0.717, 1.165) is 61.6 Å². The van der Waals surface area contributed by atoms with Crippen molar-refractivity contribution in [1.82, 2.24) is 14.5 Å². The lowest BCUT2D eigenvalue weighted by Crippen LogP contribution is -2.38. The number of amides is 1. The van der Waals surface area contributed by atoms with Crippen molar-refractivity contribution in [3.8, 4) is 0 Å². The number of rotatable bonds is 7. The number of halogens is 4. The van der Waals surface area contributed by atoms with Crippen LogP contribution in [-0.4, -0.2) is 26.4 Å². The summed E-state index contributed by atoms with van der Waals surface area (Å²) in [6, 6.07) is 10.8. The van der Waals surface area contributed by atoms with Crippen molar-refractivity contribution in [2.24, 2.45) is 0 Å². The van der Waals surface area contributed by atoms with Gasteiger partial charge in [0.25, 0.3) is 0 Å². The van der Waals surface area contributed by atoms with Gasteiger partial charge in [0.05, 0.1) is 23.1 Å². The Balaban J connectivity index is 1.66. The summed E-state index contributed by atoms with van der Waals surface area (Å²) >= 11 is 6.21. The number of carbonyl (C=O) groups excluding carboxylic acids is 1. The first kappa shape index (κ1) is 24.3. The summed E-state index contributed by atoms with van der Waals surface area (Å²) in [5.74, 6) is 0.445. The van der Waals surface area contributed by atoms with E-state index in [1.807, 2.05) is 12.1 Å². The highest BCUT2D eigenvalue weighted by Crippen LogP contribution is 2.33. The molecule has 1 saturated carbocycles. The molecule has 8 heteroatoms. The largest absolute Gasteiger partial charge is 0.416 e. The van der Waals surface area contributed by atoms with Crippen molar-refractivity contribution in [1.29, 1.82) is 0 Å². The van der Waals surface area contributed by atoms with Gasteiger partial charge in [-0.3, -0.25) is 4.79 Å². The van der Waals surface area contributed by atoms with Gasteiger partial charge in [-0.15, -0.1) is 0 Å². The molecule has 0 spiro atoms. The number of aryl methyl sites for hydroxylation is 1. The maximum absolute atomic E-state index is 13.4. The third-order valence-corrected chi connectivity index (χ3v) is 6.50. The van der Waals surface area contributed by atoms with E-state index in [9.17, 15) is 18.0 Å². The van der Waals surface area contributed by atoms with E-state index in [-0.39, 0.29) is 17.5 Å². The van der Waals surface area contributed by atoms with Crippen LogP contribution in [0.25, 0.3) is 17.1 Å². The topological polar surface area (TPSA) is 38.1 Å². The van der Waals surface area contributed by atoms with E-state index in [0.29, 0.717) is 11.6 Å². The molecule has 1 aliphatic rings. The molecule has 2 aromatic carbocycles. The van der Waals surface area contributed by atoms with Crippen molar-refractivity contribution in [2.45, 2.75) is 64.3 Å². The Kier molecular flexibility index (Phi) is 7.31. The van der Waals surface area contributed by atoms with Gasteiger partial charge in [0, 0.05) is 23.7 Å². The van der Waals surface area contributed by atoms with Crippen LogP contribution in [0.15, 0.2) is 48.5 Å². The number of fused-ring (bicyclic) bond motifs is 1. The molecule has 0 radical (unpaired) electrons. The van der Waals surface area contributed by atoms with Crippen LogP contribution in [0, 0.1) is 0 Å². The van der Waals surface area contributed by atoms with E-state index in [2.05, 4.69) is 11.5 Å². The van der Waals surface area contributed by atoms with Crippen LogP contribution >= 0.6 is 11.6 Å². The standard InChI is InChI=1S/C26H27ClF3N3O/c1-2-15-32-23-16-19(27)12-13-22(23)31-24(32)17-33(20-8-4-5-9-20)25(34)14-11-18-7-3-6-10-21(18)26(28,29)30/h3,6-7,10-14,16,20H,2,4-5,8-9,15,17H2,1H3. The van der Waals surface area contributed by atoms with Crippen LogP contribution in [-0.2, 0) is 24.1 Å². The zero-order chi connectivity index (χ0) is 24.3. The van der Waals surface area contributed by atoms with Crippen LogP contribution in [0.2, 0.25) is 5.02 Å². The van der Waals surface area contributed by atoms with Crippen molar-refractivity contribution < 1.29 is 18.0 Å². The lowest BCUT2D eigenvalue weighted by molar-refractivity contribution is -0.137. The molecule has 0 N–H and O–H groups in total. The van der Waals surface area contributed by atoms with Gasteiger partial charge < -0.3 is 9.47 Å². The monoisotopic (exact) mass is 489 g/mol. The quantitative estimate of drug-likeness (QED) is 0.332. The summed E-state index contributed by atoms with van der Waals surface area (Å²) in [5, 5.41) is 0.617. The van der Waals surface area contributed by atoms with Crippen LogP contribution in [0.3, 0.4) is 0 Å². The fraction of sp³-hybridized carbons (Fsp3) is 0.385. The molecule has 1 aromatic heterocycles. The van der Waals surface area contributed by atoms with Gasteiger partial charge in [0.15, 0.2) is 0 Å². The number of hydrogen-bond donors (Lipinski definition) is 0. The van der Waals surface area contributed by atoms with Crippen LogP contribution in [0.5, 0.6) is 0 Å². The summed E-state index contributed by atoms with van der Waals surface area (Å²) in [6.45, 7) is 3.09. The first-order valence-corrected chi connectivity index (χ1v) is 11.9. The van der Waals surface area contributed by atoms with E-state index in [4.69, 9.17) is 16.6 Å². The first-order valence-electron chi connectivity index (χ1n) is 11.6. The van der Waals surface area contributed by atoms with Crippen molar-refractivity contribution in [3.63, 3.8) is 0 Å². The second-order valence-electron chi connectivity index (χ2n) is 8.64. The van der Waals surface area contributed by atoms with Crippen LogP contribution in [0.1, 0.15) is 56.0 Å². The molecule has 4 nitrogen and oxygen atoms in total. The Hall–Kier alpha value is -2.80. The predicted octanol–water partition coefficient (Wildman–Crippen LogP) is 7.10. The Morgan fingerprint density at radius 2 is 1.94 bits per heavy atom. The minimum absolute atomic E-state index is 0.0254. The average molecular weight is 490 g/mol. The molecule has 0 aliphatic heterocycles. The Morgan fingerprint density at radius 1 is 1.21 bits per heavy atom. The summed E-state index contributed by atoms with van der Waals surface area (Å²) in [4.78, 5) is 19.8.